The summed E-state index contributed by atoms with van der Waals surface area (Å²) in [6.45, 7) is 3.63. The third-order valence-corrected chi connectivity index (χ3v) is 7.06. The molecule has 0 fully saturated rings. The van der Waals surface area contributed by atoms with E-state index in [1.54, 1.807) is 24.3 Å². The Morgan fingerprint density at radius 1 is 1.22 bits per heavy atom. The first kappa shape index (κ1) is 21.3. The number of non-ortho nitro benzene ring substituents is 1. The highest BCUT2D eigenvalue weighted by Crippen LogP contribution is 2.29. The molecule has 2 heterocycles. The van der Waals surface area contributed by atoms with Crippen LogP contribution in [0.2, 0.25) is 0 Å². The number of para-hydroxylation sites is 1. The fourth-order valence-electron chi connectivity index (χ4n) is 3.11. The summed E-state index contributed by atoms with van der Waals surface area (Å²) < 4.78 is 30.6. The molecule has 1 aliphatic heterocycles. The molecule has 4 rings (SSSR count). The maximum absolute atomic E-state index is 12.8. The van der Waals surface area contributed by atoms with Crippen LogP contribution in [-0.2, 0) is 21.4 Å². The van der Waals surface area contributed by atoms with E-state index in [2.05, 4.69) is 16.0 Å². The number of allylic oxidation sites excluding steroid dienone is 1. The number of hydrogen-bond acceptors (Lipinski definition) is 7. The van der Waals surface area contributed by atoms with Crippen molar-refractivity contribution in [2.45, 2.75) is 11.4 Å². The minimum atomic E-state index is -4.27. The third kappa shape index (κ3) is 3.65. The van der Waals surface area contributed by atoms with E-state index in [1.807, 2.05) is 0 Å². The van der Waals surface area contributed by atoms with Crippen molar-refractivity contribution in [1.29, 1.82) is 0 Å². The topological polar surface area (TPSA) is 144 Å². The number of benzene rings is 2. The zero-order valence-corrected chi connectivity index (χ0v) is 17.8. The number of rotatable bonds is 6. The van der Waals surface area contributed by atoms with Crippen molar-refractivity contribution in [3.8, 4) is 5.88 Å². The van der Waals surface area contributed by atoms with E-state index in [-0.39, 0.29) is 38.3 Å². The highest BCUT2D eigenvalue weighted by molar-refractivity contribution is 7.90. The summed E-state index contributed by atoms with van der Waals surface area (Å²) in [5.74, 6) is -0.902. The van der Waals surface area contributed by atoms with E-state index < -0.39 is 20.9 Å². The van der Waals surface area contributed by atoms with Crippen LogP contribution >= 0.6 is 11.3 Å². The summed E-state index contributed by atoms with van der Waals surface area (Å²) in [4.78, 5) is 26.4. The number of amides is 1. The molecule has 0 radical (unpaired) electrons. The molecule has 0 unspecified atom stereocenters. The van der Waals surface area contributed by atoms with Crippen molar-refractivity contribution >= 4 is 38.5 Å². The Bertz CT molecular complexity index is 1580. The molecule has 10 nitrogen and oxygen atoms in total. The Labute approximate surface area is 184 Å². The van der Waals surface area contributed by atoms with E-state index in [0.717, 1.165) is 35.6 Å². The Kier molecular flexibility index (Phi) is 5.32. The lowest BCUT2D eigenvalue weighted by Crippen LogP contribution is -2.22. The number of hydrogen-bond donors (Lipinski definition) is 1. The normalized spacial score (nSPS) is 13.7. The van der Waals surface area contributed by atoms with E-state index >= 15 is 0 Å². The number of fused-ring (bicyclic) bond motifs is 1. The van der Waals surface area contributed by atoms with Crippen molar-refractivity contribution in [1.82, 2.24) is 4.57 Å². The van der Waals surface area contributed by atoms with Crippen LogP contribution in [0.1, 0.15) is 4.88 Å². The van der Waals surface area contributed by atoms with Gasteiger partial charge in [0, 0.05) is 23.9 Å². The molecule has 3 aromatic rings. The second-order valence-corrected chi connectivity index (χ2v) is 9.14. The van der Waals surface area contributed by atoms with Gasteiger partial charge in [-0.3, -0.25) is 19.5 Å². The Hall–Kier alpha value is -3.90. The van der Waals surface area contributed by atoms with Crippen LogP contribution < -0.4 is 15.4 Å². The van der Waals surface area contributed by atoms with Crippen LogP contribution in [0.4, 0.5) is 5.69 Å². The predicted molar refractivity (Wildman–Crippen MR) is 115 cm³/mol. The number of nitro groups is 1. The number of carbonyl (C=O) groups is 1. The fourth-order valence-corrected chi connectivity index (χ4v) is 5.40. The Balaban J connectivity index is 1.92. The Morgan fingerprint density at radius 3 is 2.56 bits per heavy atom. The van der Waals surface area contributed by atoms with E-state index in [0.29, 0.717) is 10.6 Å². The molecule has 0 aliphatic carbocycles. The third-order valence-electron chi connectivity index (χ3n) is 4.57. The summed E-state index contributed by atoms with van der Waals surface area (Å²) in [6.07, 6.45) is 1.44. The van der Waals surface area contributed by atoms with Crippen molar-refractivity contribution < 1.29 is 23.2 Å². The molecule has 1 aliphatic rings. The van der Waals surface area contributed by atoms with Gasteiger partial charge in [0.2, 0.25) is 10.7 Å². The molecule has 0 bridgehead atoms. The lowest BCUT2D eigenvalue weighted by atomic mass is 10.1. The van der Waals surface area contributed by atoms with Crippen LogP contribution in [0.25, 0.3) is 5.57 Å². The van der Waals surface area contributed by atoms with Crippen LogP contribution in [0, 0.1) is 10.1 Å². The molecule has 162 valence electrons. The minimum Gasteiger partial charge on any atom is -0.493 e. The SMILES string of the molecule is C=CCn1c(O)c(C2=c3ccccc3=NC2=O)s/c1=N\S(=O)(=O)c1ccc([N+](=O)[O-])cc1. The van der Waals surface area contributed by atoms with Crippen molar-refractivity contribution in [3.63, 3.8) is 0 Å². The van der Waals surface area contributed by atoms with Gasteiger partial charge in [-0.15, -0.1) is 11.0 Å². The number of nitro benzene ring substituents is 1. The molecule has 2 aromatic carbocycles. The maximum Gasteiger partial charge on any atom is 0.285 e. The molecule has 12 heteroatoms. The first-order valence-corrected chi connectivity index (χ1v) is 11.3. The highest BCUT2D eigenvalue weighted by Gasteiger charge is 2.26. The summed E-state index contributed by atoms with van der Waals surface area (Å²) in [6, 6.07) is 11.1. The average molecular weight is 470 g/mol. The second kappa shape index (κ2) is 7.98. The Morgan fingerprint density at radius 2 is 1.91 bits per heavy atom. The zero-order chi connectivity index (χ0) is 23.0. The fraction of sp³-hybridized carbons (Fsp3) is 0.0500. The van der Waals surface area contributed by atoms with Gasteiger partial charge in [-0.1, -0.05) is 35.6 Å². The van der Waals surface area contributed by atoms with Gasteiger partial charge in [-0.2, -0.15) is 8.42 Å². The smallest absolute Gasteiger partial charge is 0.285 e. The van der Waals surface area contributed by atoms with Crippen molar-refractivity contribution in [3.05, 3.63) is 91.6 Å². The molecule has 0 atom stereocenters. The molecular formula is C20H14N4O6S2. The molecule has 1 aromatic heterocycles. The molecule has 1 amide bonds. The van der Waals surface area contributed by atoms with E-state index in [1.165, 1.54) is 10.6 Å². The quantitative estimate of drug-likeness (QED) is 0.323. The first-order valence-electron chi connectivity index (χ1n) is 9.04. The minimum absolute atomic E-state index is 0.0250. The van der Waals surface area contributed by atoms with Crippen LogP contribution in [0.15, 0.2) is 75.5 Å². The molecular weight excluding hydrogens is 456 g/mol. The number of aromatic nitrogens is 1. The summed E-state index contributed by atoms with van der Waals surface area (Å²) in [5, 5.41) is 22.6. The number of thiazole rings is 1. The van der Waals surface area contributed by atoms with Gasteiger partial charge in [0.1, 0.15) is 4.88 Å². The number of carbonyl (C=O) groups excluding carboxylic acids is 1. The van der Waals surface area contributed by atoms with Gasteiger partial charge in [-0.25, -0.2) is 4.99 Å². The largest absolute Gasteiger partial charge is 0.493 e. The highest BCUT2D eigenvalue weighted by atomic mass is 32.2. The standard InChI is InChI=1S/C20H14N4O6S2/c1-2-11-23-19(26)17(16-14-5-3-4-6-15(14)21-18(16)25)31-20(23)22-32(29,30)13-9-7-12(8-10-13)24(27)28/h2-10,26H,1,11H2/b22-20-. The number of aromatic hydroxyl groups is 1. The monoisotopic (exact) mass is 470 g/mol. The number of sulfonamides is 1. The van der Waals surface area contributed by atoms with Crippen molar-refractivity contribution in [2.75, 3.05) is 0 Å². The first-order chi connectivity index (χ1) is 15.2. The van der Waals surface area contributed by atoms with Crippen LogP contribution in [0.5, 0.6) is 5.88 Å². The summed E-state index contributed by atoms with van der Waals surface area (Å²) in [7, 11) is -4.27. The molecule has 0 saturated carbocycles. The summed E-state index contributed by atoms with van der Waals surface area (Å²) >= 11 is 0.814. The lowest BCUT2D eigenvalue weighted by Gasteiger charge is -2.02. The second-order valence-electron chi connectivity index (χ2n) is 6.56. The predicted octanol–water partition coefficient (Wildman–Crippen LogP) is 0.998. The van der Waals surface area contributed by atoms with Gasteiger partial charge in [0.05, 0.1) is 20.7 Å². The van der Waals surface area contributed by atoms with Crippen LogP contribution in [-0.4, -0.2) is 28.9 Å². The maximum atomic E-state index is 12.8. The van der Waals surface area contributed by atoms with E-state index in [9.17, 15) is 28.4 Å². The zero-order valence-electron chi connectivity index (χ0n) is 16.2. The molecule has 0 spiro atoms. The average Bonchev–Trinajstić information content (AvgIpc) is 3.24. The van der Waals surface area contributed by atoms with Gasteiger partial charge in [0.15, 0.2) is 0 Å². The molecule has 32 heavy (non-hydrogen) atoms. The van der Waals surface area contributed by atoms with Gasteiger partial charge < -0.3 is 5.11 Å². The van der Waals surface area contributed by atoms with Crippen molar-refractivity contribution in [2.24, 2.45) is 9.39 Å². The number of nitrogens with zero attached hydrogens (tertiary/aromatic N) is 4. The molecule has 1 N–H and O–H groups in total. The van der Waals surface area contributed by atoms with Gasteiger partial charge >= 0.3 is 0 Å². The molecule has 0 saturated heterocycles. The van der Waals surface area contributed by atoms with E-state index in [4.69, 9.17) is 0 Å². The van der Waals surface area contributed by atoms with Gasteiger partial charge in [-0.05, 0) is 18.2 Å². The summed E-state index contributed by atoms with van der Waals surface area (Å²) in [5.41, 5.74) is -0.115. The lowest BCUT2D eigenvalue weighted by molar-refractivity contribution is -0.384. The van der Waals surface area contributed by atoms with Gasteiger partial charge in [0.25, 0.3) is 21.6 Å². The van der Waals surface area contributed by atoms with Crippen LogP contribution in [0.3, 0.4) is 0 Å².